The van der Waals surface area contributed by atoms with E-state index in [0.29, 0.717) is 18.9 Å². The summed E-state index contributed by atoms with van der Waals surface area (Å²) in [4.78, 5) is 25.2. The second-order valence-electron chi connectivity index (χ2n) is 8.22. The lowest BCUT2D eigenvalue weighted by Gasteiger charge is -2.26. The summed E-state index contributed by atoms with van der Waals surface area (Å²) in [7, 11) is 1.69. The number of hydrogen-bond acceptors (Lipinski definition) is 7. The van der Waals surface area contributed by atoms with E-state index >= 15 is 0 Å². The first kappa shape index (κ1) is 20.2. The van der Waals surface area contributed by atoms with Crippen molar-refractivity contribution in [1.82, 2.24) is 19.5 Å². The van der Waals surface area contributed by atoms with E-state index in [9.17, 15) is 4.79 Å². The fourth-order valence-electron chi connectivity index (χ4n) is 3.44. The number of nitrogens with one attached hydrogen (secondary N) is 1. The Labute approximate surface area is 174 Å². The molecule has 1 amide bonds. The van der Waals surface area contributed by atoms with Crippen molar-refractivity contribution in [1.29, 1.82) is 0 Å². The molecule has 4 heterocycles. The van der Waals surface area contributed by atoms with Gasteiger partial charge < -0.3 is 14.2 Å². The number of methoxy groups -OCH3 is 1. The van der Waals surface area contributed by atoms with Gasteiger partial charge in [0, 0.05) is 49.7 Å². The monoisotopic (exact) mass is 411 g/mol. The minimum atomic E-state index is -0.609. The zero-order valence-corrected chi connectivity index (χ0v) is 17.5. The maximum atomic E-state index is 12.1. The van der Waals surface area contributed by atoms with Gasteiger partial charge in [0.25, 0.3) is 0 Å². The van der Waals surface area contributed by atoms with Crippen LogP contribution in [0.5, 0.6) is 0 Å². The van der Waals surface area contributed by atoms with Crippen molar-refractivity contribution in [3.05, 3.63) is 42.5 Å². The molecule has 0 bridgehead atoms. The maximum Gasteiger partial charge on any atom is 0.414 e. The molecule has 1 N–H and O–H groups in total. The molecular formula is C21H25N5O4. The molecule has 1 fully saturated rings. The summed E-state index contributed by atoms with van der Waals surface area (Å²) in [6, 6.07) is 3.93. The van der Waals surface area contributed by atoms with Crippen molar-refractivity contribution in [3.8, 4) is 5.69 Å². The third-order valence-electron chi connectivity index (χ3n) is 4.94. The number of fused-ring (bicyclic) bond motifs is 1. The highest BCUT2D eigenvalue weighted by Crippen LogP contribution is 2.34. The second kappa shape index (κ2) is 7.66. The van der Waals surface area contributed by atoms with Crippen LogP contribution in [0.15, 0.2) is 36.9 Å². The number of hydrogen-bond donors (Lipinski definition) is 1. The predicted molar refractivity (Wildman–Crippen MR) is 111 cm³/mol. The maximum absolute atomic E-state index is 12.1. The molecule has 3 aromatic rings. The molecule has 3 aromatic heterocycles. The number of amides is 1. The zero-order valence-electron chi connectivity index (χ0n) is 17.5. The summed E-state index contributed by atoms with van der Waals surface area (Å²) in [5.74, 6) is 0.165. The SMILES string of the molecule is COC1(c2cncc(-n3ccc4cnc(NC(=O)OC(C)(C)C)nc43)c2)CCOC1. The molecule has 4 rings (SSSR count). The Bertz CT molecular complexity index is 1070. The Morgan fingerprint density at radius 3 is 2.83 bits per heavy atom. The summed E-state index contributed by atoms with van der Waals surface area (Å²) in [6.45, 7) is 6.53. The van der Waals surface area contributed by atoms with Gasteiger partial charge in [0.15, 0.2) is 0 Å². The van der Waals surface area contributed by atoms with Gasteiger partial charge in [-0.15, -0.1) is 0 Å². The van der Waals surface area contributed by atoms with Crippen LogP contribution < -0.4 is 5.32 Å². The van der Waals surface area contributed by atoms with Crippen molar-refractivity contribution in [2.75, 3.05) is 25.6 Å². The van der Waals surface area contributed by atoms with Crippen molar-refractivity contribution < 1.29 is 19.0 Å². The van der Waals surface area contributed by atoms with Gasteiger partial charge in [-0.3, -0.25) is 14.9 Å². The van der Waals surface area contributed by atoms with Crippen molar-refractivity contribution in [2.24, 2.45) is 0 Å². The summed E-state index contributed by atoms with van der Waals surface area (Å²) in [5.41, 5.74) is 1.31. The van der Waals surface area contributed by atoms with E-state index in [-0.39, 0.29) is 5.95 Å². The summed E-state index contributed by atoms with van der Waals surface area (Å²) in [6.07, 6.45) is 7.27. The molecule has 0 saturated carbocycles. The highest BCUT2D eigenvalue weighted by Gasteiger charge is 2.37. The molecular weight excluding hydrogens is 386 g/mol. The number of carbonyl (C=O) groups excluding carboxylic acids is 1. The largest absolute Gasteiger partial charge is 0.444 e. The first-order chi connectivity index (χ1) is 14.3. The first-order valence-corrected chi connectivity index (χ1v) is 9.73. The van der Waals surface area contributed by atoms with Crippen LogP contribution in [-0.4, -0.2) is 51.5 Å². The first-order valence-electron chi connectivity index (χ1n) is 9.73. The van der Waals surface area contributed by atoms with E-state index in [0.717, 1.165) is 23.1 Å². The van der Waals surface area contributed by atoms with Gasteiger partial charge in [0.05, 0.1) is 18.5 Å². The second-order valence-corrected chi connectivity index (χ2v) is 8.22. The minimum absolute atomic E-state index is 0.165. The van der Waals surface area contributed by atoms with Crippen LogP contribution in [0.3, 0.4) is 0 Å². The van der Waals surface area contributed by atoms with Crippen LogP contribution in [0.25, 0.3) is 16.7 Å². The van der Waals surface area contributed by atoms with Crippen LogP contribution >= 0.6 is 0 Å². The minimum Gasteiger partial charge on any atom is -0.444 e. The number of carbonyl (C=O) groups is 1. The van der Waals surface area contributed by atoms with Gasteiger partial charge >= 0.3 is 6.09 Å². The third kappa shape index (κ3) is 3.99. The van der Waals surface area contributed by atoms with Crippen LogP contribution in [0.1, 0.15) is 32.8 Å². The standard InChI is InChI=1S/C21H25N5O4/c1-20(2,3)30-19(27)25-18-23-10-14-5-7-26(17(14)24-18)16-9-15(11-22-12-16)21(28-4)6-8-29-13-21/h5,7,9-12H,6,8,13H2,1-4H3,(H,23,24,25,27). The molecule has 1 aliphatic rings. The molecule has 1 aliphatic heterocycles. The Balaban J connectivity index is 1.67. The van der Waals surface area contributed by atoms with Crippen molar-refractivity contribution in [3.63, 3.8) is 0 Å². The van der Waals surface area contributed by atoms with Gasteiger partial charge in [-0.1, -0.05) is 0 Å². The molecule has 30 heavy (non-hydrogen) atoms. The summed E-state index contributed by atoms with van der Waals surface area (Å²) < 4.78 is 18.5. The third-order valence-corrected chi connectivity index (χ3v) is 4.94. The van der Waals surface area contributed by atoms with E-state index in [1.807, 2.05) is 22.9 Å². The number of anilines is 1. The molecule has 0 aromatic carbocycles. The number of ether oxygens (including phenoxy) is 3. The molecule has 9 nitrogen and oxygen atoms in total. The number of aromatic nitrogens is 4. The molecule has 158 valence electrons. The lowest BCUT2D eigenvalue weighted by atomic mass is 9.94. The fourth-order valence-corrected chi connectivity index (χ4v) is 3.44. The van der Waals surface area contributed by atoms with Gasteiger partial charge in [0.2, 0.25) is 5.95 Å². The number of nitrogens with zero attached hydrogens (tertiary/aromatic N) is 4. The van der Waals surface area contributed by atoms with Crippen molar-refractivity contribution in [2.45, 2.75) is 38.4 Å². The summed E-state index contributed by atoms with van der Waals surface area (Å²) in [5, 5.41) is 3.42. The van der Waals surface area contributed by atoms with E-state index in [4.69, 9.17) is 14.2 Å². The topological polar surface area (TPSA) is 100 Å². The Morgan fingerprint density at radius 1 is 1.30 bits per heavy atom. The van der Waals surface area contributed by atoms with Crippen LogP contribution in [-0.2, 0) is 19.8 Å². The normalized spacial score (nSPS) is 19.2. The van der Waals surface area contributed by atoms with Gasteiger partial charge in [-0.2, -0.15) is 4.98 Å². The molecule has 1 atom stereocenters. The van der Waals surface area contributed by atoms with E-state index in [1.165, 1.54) is 0 Å². The Hall–Kier alpha value is -3.04. The van der Waals surface area contributed by atoms with Crippen LogP contribution in [0.4, 0.5) is 10.7 Å². The van der Waals surface area contributed by atoms with E-state index in [2.05, 4.69) is 20.3 Å². The number of pyridine rings is 1. The molecule has 9 heteroatoms. The van der Waals surface area contributed by atoms with Crippen LogP contribution in [0.2, 0.25) is 0 Å². The van der Waals surface area contributed by atoms with E-state index in [1.54, 1.807) is 46.5 Å². The van der Waals surface area contributed by atoms with Gasteiger partial charge in [0.1, 0.15) is 16.8 Å². The molecule has 0 radical (unpaired) electrons. The lowest BCUT2D eigenvalue weighted by Crippen LogP contribution is -2.29. The summed E-state index contributed by atoms with van der Waals surface area (Å²) >= 11 is 0. The Morgan fingerprint density at radius 2 is 2.13 bits per heavy atom. The fraction of sp³-hybridized carbons (Fsp3) is 0.429. The van der Waals surface area contributed by atoms with Crippen LogP contribution in [0, 0.1) is 0 Å². The predicted octanol–water partition coefficient (Wildman–Crippen LogP) is 3.42. The lowest BCUT2D eigenvalue weighted by molar-refractivity contribution is -0.0215. The van der Waals surface area contributed by atoms with Crippen molar-refractivity contribution >= 4 is 23.1 Å². The zero-order chi connectivity index (χ0) is 21.4. The molecule has 1 saturated heterocycles. The van der Waals surface area contributed by atoms with E-state index < -0.39 is 17.3 Å². The highest BCUT2D eigenvalue weighted by atomic mass is 16.6. The Kier molecular flexibility index (Phi) is 5.17. The molecule has 1 unspecified atom stereocenters. The van der Waals surface area contributed by atoms with Gasteiger partial charge in [-0.05, 0) is 32.9 Å². The quantitative estimate of drug-likeness (QED) is 0.702. The molecule has 0 aliphatic carbocycles. The average molecular weight is 411 g/mol. The smallest absolute Gasteiger partial charge is 0.414 e. The van der Waals surface area contributed by atoms with Gasteiger partial charge in [-0.25, -0.2) is 9.78 Å². The highest BCUT2D eigenvalue weighted by molar-refractivity contribution is 5.85. The molecule has 0 spiro atoms. The average Bonchev–Trinajstić information content (AvgIpc) is 3.34. The number of rotatable bonds is 4.